The molecule has 0 spiro atoms. The maximum Gasteiger partial charge on any atom is 0.255 e. The predicted molar refractivity (Wildman–Crippen MR) is 121 cm³/mol. The van der Waals surface area contributed by atoms with E-state index in [0.29, 0.717) is 28.1 Å². The van der Waals surface area contributed by atoms with Crippen molar-refractivity contribution in [2.75, 3.05) is 11.9 Å². The Kier molecular flexibility index (Phi) is 6.24. The van der Waals surface area contributed by atoms with Gasteiger partial charge in [-0.2, -0.15) is 15.0 Å². The van der Waals surface area contributed by atoms with E-state index in [2.05, 4.69) is 31.8 Å². The molecular weight excluding hydrogens is 425 g/mol. The number of hydrogen-bond donors (Lipinski definition) is 3. The van der Waals surface area contributed by atoms with Crippen LogP contribution in [0.3, 0.4) is 0 Å². The van der Waals surface area contributed by atoms with Crippen LogP contribution in [0.4, 0.5) is 10.1 Å². The zero-order chi connectivity index (χ0) is 23.6. The minimum Gasteiger partial charge on any atom is -0.387 e. The Morgan fingerprint density at radius 3 is 2.76 bits per heavy atom. The number of carbonyl (C=O) groups is 1. The Balaban J connectivity index is 1.65. The van der Waals surface area contributed by atoms with Crippen LogP contribution in [0.5, 0.6) is 0 Å². The van der Waals surface area contributed by atoms with Gasteiger partial charge >= 0.3 is 0 Å². The Labute approximate surface area is 190 Å². The monoisotopic (exact) mass is 451 g/mol. The lowest BCUT2D eigenvalue weighted by atomic mass is 10.0. The lowest BCUT2D eigenvalue weighted by molar-refractivity contribution is -0.00177. The van der Waals surface area contributed by atoms with Crippen molar-refractivity contribution in [1.82, 2.24) is 25.1 Å². The summed E-state index contributed by atoms with van der Waals surface area (Å²) < 4.78 is 15.7. The van der Waals surface area contributed by atoms with Gasteiger partial charge in [-0.3, -0.25) is 4.79 Å². The number of amides is 1. The van der Waals surface area contributed by atoms with Crippen LogP contribution in [-0.4, -0.2) is 55.1 Å². The summed E-state index contributed by atoms with van der Waals surface area (Å²) in [4.78, 5) is 21.6. The molecule has 1 amide bonds. The third-order valence-electron chi connectivity index (χ3n) is 5.81. The normalized spacial score (nSPS) is 15.4. The second-order valence-electron chi connectivity index (χ2n) is 8.85. The Bertz CT molecular complexity index is 1210. The summed E-state index contributed by atoms with van der Waals surface area (Å²) in [6.07, 6.45) is 7.10. The molecule has 3 heterocycles. The van der Waals surface area contributed by atoms with Crippen LogP contribution in [0, 0.1) is 11.3 Å². The fraction of sp³-hybridized carbons (Fsp3) is 0.435. The van der Waals surface area contributed by atoms with Crippen LogP contribution in [0.2, 0.25) is 0 Å². The van der Waals surface area contributed by atoms with E-state index in [1.54, 1.807) is 23.0 Å². The minimum absolute atomic E-state index is 0.225. The number of nitrogens with zero attached hydrogens (tertiary/aromatic N) is 5. The summed E-state index contributed by atoms with van der Waals surface area (Å²) in [6.45, 7) is 2.40. The van der Waals surface area contributed by atoms with Crippen molar-refractivity contribution in [3.05, 3.63) is 41.9 Å². The molecule has 1 atom stereocenters. The number of nitriles is 1. The Morgan fingerprint density at radius 2 is 2.06 bits per heavy atom. The van der Waals surface area contributed by atoms with Gasteiger partial charge in [-0.25, -0.2) is 14.4 Å². The van der Waals surface area contributed by atoms with Gasteiger partial charge < -0.3 is 15.7 Å². The second-order valence-corrected chi connectivity index (χ2v) is 8.85. The summed E-state index contributed by atoms with van der Waals surface area (Å²) in [5.41, 5.74) is 0.267. The van der Waals surface area contributed by atoms with Crippen molar-refractivity contribution in [2.24, 2.45) is 0 Å². The van der Waals surface area contributed by atoms with Crippen LogP contribution in [-0.2, 0) is 0 Å². The first-order chi connectivity index (χ1) is 15.8. The third-order valence-corrected chi connectivity index (χ3v) is 5.81. The number of anilines is 1. The number of aliphatic hydroxyl groups is 1. The van der Waals surface area contributed by atoms with E-state index in [1.807, 2.05) is 0 Å². The molecule has 0 saturated heterocycles. The summed E-state index contributed by atoms with van der Waals surface area (Å²) in [7, 11) is 0. The largest absolute Gasteiger partial charge is 0.387 e. The first-order valence-corrected chi connectivity index (χ1v) is 10.9. The van der Waals surface area contributed by atoms with Crippen molar-refractivity contribution in [3.63, 3.8) is 0 Å². The van der Waals surface area contributed by atoms with E-state index >= 15 is 0 Å². The number of nitrogens with one attached hydrogen (secondary N) is 2. The van der Waals surface area contributed by atoms with Crippen LogP contribution >= 0.6 is 0 Å². The first kappa shape index (κ1) is 22.6. The summed E-state index contributed by atoms with van der Waals surface area (Å²) in [5.74, 6) is -0.0253. The van der Waals surface area contributed by atoms with Gasteiger partial charge in [0.25, 0.3) is 5.91 Å². The van der Waals surface area contributed by atoms with Gasteiger partial charge in [0.2, 0.25) is 0 Å². The highest BCUT2D eigenvalue weighted by Crippen LogP contribution is 2.26. The molecular formula is C23H26FN7O2. The number of aromatic nitrogens is 4. The van der Waals surface area contributed by atoms with Gasteiger partial charge in [-0.1, -0.05) is 12.8 Å². The molecule has 0 radical (unpaired) electrons. The Morgan fingerprint density at radius 1 is 1.30 bits per heavy atom. The summed E-state index contributed by atoms with van der Waals surface area (Å²) in [5, 5.41) is 29.9. The van der Waals surface area contributed by atoms with E-state index in [0.717, 1.165) is 25.7 Å². The predicted octanol–water partition coefficient (Wildman–Crippen LogP) is 2.88. The smallest absolute Gasteiger partial charge is 0.255 e. The number of hydrogen-bond acceptors (Lipinski definition) is 7. The molecule has 0 aliphatic heterocycles. The van der Waals surface area contributed by atoms with Crippen LogP contribution in [0.25, 0.3) is 16.9 Å². The molecule has 1 aliphatic rings. The highest BCUT2D eigenvalue weighted by Gasteiger charge is 2.27. The van der Waals surface area contributed by atoms with Gasteiger partial charge in [0, 0.05) is 29.9 Å². The van der Waals surface area contributed by atoms with Gasteiger partial charge in [-0.05, 0) is 32.8 Å². The molecule has 172 valence electrons. The molecule has 1 unspecified atom stereocenters. The van der Waals surface area contributed by atoms with Crippen molar-refractivity contribution in [2.45, 2.75) is 57.3 Å². The highest BCUT2D eigenvalue weighted by atomic mass is 19.1. The fourth-order valence-corrected chi connectivity index (χ4v) is 3.83. The molecule has 3 aromatic rings. The lowest BCUT2D eigenvalue weighted by Gasteiger charge is -2.23. The van der Waals surface area contributed by atoms with Gasteiger partial charge in [0.05, 0.1) is 35.2 Å². The molecule has 3 aromatic heterocycles. The number of pyridine rings is 2. The number of carbonyl (C=O) groups excluding carboxylic acids is 1. The minimum atomic E-state index is -1.61. The molecule has 3 N–H and O–H groups in total. The molecule has 1 aliphatic carbocycles. The van der Waals surface area contributed by atoms with E-state index in [-0.39, 0.29) is 18.2 Å². The average molecular weight is 452 g/mol. The fourth-order valence-electron chi connectivity index (χ4n) is 3.83. The molecule has 1 saturated carbocycles. The highest BCUT2D eigenvalue weighted by molar-refractivity contribution is 5.99. The van der Waals surface area contributed by atoms with E-state index in [4.69, 9.17) is 5.26 Å². The molecule has 10 heteroatoms. The maximum absolute atomic E-state index is 14.1. The quantitative estimate of drug-likeness (QED) is 0.504. The Hall–Kier alpha value is -3.58. The van der Waals surface area contributed by atoms with Crippen molar-refractivity contribution < 1.29 is 14.3 Å². The zero-order valence-corrected chi connectivity index (χ0v) is 18.5. The third kappa shape index (κ3) is 4.93. The van der Waals surface area contributed by atoms with Crippen molar-refractivity contribution >= 4 is 22.6 Å². The number of alkyl halides is 1. The first-order valence-electron chi connectivity index (χ1n) is 10.9. The van der Waals surface area contributed by atoms with Crippen molar-refractivity contribution in [3.8, 4) is 11.9 Å². The standard InChI is InChI=1S/C23H26FN7O2/c1-23(2,33)19(24)13-28-22(32)17-12-26-20(8-18(17)30-16-5-3-4-6-16)31-21-15(11-29-31)7-14(9-25)10-27-21/h7-8,10-12,16,19,33H,3-6,13H2,1-2H3,(H,26,30)(H,28,32). The number of halogens is 1. The van der Waals surface area contributed by atoms with E-state index in [1.165, 1.54) is 26.2 Å². The van der Waals surface area contributed by atoms with Crippen LogP contribution in [0.15, 0.2) is 30.7 Å². The molecule has 0 bridgehead atoms. The van der Waals surface area contributed by atoms with Crippen molar-refractivity contribution in [1.29, 1.82) is 5.26 Å². The van der Waals surface area contributed by atoms with Gasteiger partial charge in [-0.15, -0.1) is 0 Å². The van der Waals surface area contributed by atoms with Crippen LogP contribution < -0.4 is 10.6 Å². The molecule has 0 aromatic carbocycles. The summed E-state index contributed by atoms with van der Waals surface area (Å²) in [6, 6.07) is 5.70. The molecule has 33 heavy (non-hydrogen) atoms. The van der Waals surface area contributed by atoms with E-state index < -0.39 is 17.7 Å². The van der Waals surface area contributed by atoms with Gasteiger partial charge in [0.1, 0.15) is 12.2 Å². The van der Waals surface area contributed by atoms with Crippen LogP contribution in [0.1, 0.15) is 55.5 Å². The SMILES string of the molecule is CC(C)(O)C(F)CNC(=O)c1cnc(-n2ncc3cc(C#N)cnc32)cc1NC1CCCC1. The number of rotatable bonds is 7. The van der Waals surface area contributed by atoms with Gasteiger partial charge in [0.15, 0.2) is 11.5 Å². The zero-order valence-electron chi connectivity index (χ0n) is 18.5. The second kappa shape index (κ2) is 9.11. The number of fused-ring (bicyclic) bond motifs is 1. The summed E-state index contributed by atoms with van der Waals surface area (Å²) >= 11 is 0. The average Bonchev–Trinajstić information content (AvgIpc) is 3.45. The topological polar surface area (TPSA) is 129 Å². The molecule has 4 rings (SSSR count). The molecule has 9 nitrogen and oxygen atoms in total. The van der Waals surface area contributed by atoms with E-state index in [9.17, 15) is 14.3 Å². The molecule has 1 fully saturated rings. The maximum atomic E-state index is 14.1. The lowest BCUT2D eigenvalue weighted by Crippen LogP contribution is -2.42.